The van der Waals surface area contributed by atoms with Gasteiger partial charge in [-0.15, -0.1) is 0 Å². The molecule has 0 aromatic rings. The molecule has 1 N–H and O–H groups in total. The van der Waals surface area contributed by atoms with Crippen molar-refractivity contribution < 1.29 is 2.85 Å². The first-order valence-corrected chi connectivity index (χ1v) is 1.30. The third-order valence-corrected chi connectivity index (χ3v) is 0.319. The van der Waals surface area contributed by atoms with E-state index in [4.69, 9.17) is 5.41 Å². The molecule has 7 heavy (non-hydrogen) atoms. The third kappa shape index (κ3) is 2.22. The molecule has 0 fully saturated rings. The van der Waals surface area contributed by atoms with Gasteiger partial charge in [-0.05, 0) is 10.4 Å². The summed E-state index contributed by atoms with van der Waals surface area (Å²) in [6, 6.07) is 0. The van der Waals surface area contributed by atoms with Gasteiger partial charge in [0.1, 0.15) is 0 Å². The molecule has 0 aromatic carbocycles. The molecule has 6 heteroatoms. The molecule has 0 atom stereocenters. The van der Waals surface area contributed by atoms with Gasteiger partial charge in [0.2, 0.25) is 0 Å². The normalized spacial score (nSPS) is 14.6. The topological polar surface area (TPSA) is 73.3 Å². The third-order valence-electron chi connectivity index (χ3n) is 0.319. The fourth-order valence-corrected chi connectivity index (χ4v) is 0.145. The summed E-state index contributed by atoms with van der Waals surface area (Å²) in [4.78, 5) is 0. The first-order chi connectivity index (χ1) is 2.89. The zero-order chi connectivity index (χ0) is 4.41. The number of nitrogens with one attached hydrogen (secondary N) is 1. The van der Waals surface area contributed by atoms with Gasteiger partial charge in [-0.2, -0.15) is 0 Å². The van der Waals surface area contributed by atoms with E-state index in [1.165, 1.54) is 0 Å². The van der Waals surface area contributed by atoms with Crippen molar-refractivity contribution in [3.63, 3.8) is 0 Å². The Morgan fingerprint density at radius 1 is 1.29 bits per heavy atom. The van der Waals surface area contributed by atoms with Gasteiger partial charge in [-0.1, -0.05) is 10.2 Å². The SMILES string of the molecule is N=C1N=NN=N1.[H-].[H-].[Sr+2]. The van der Waals surface area contributed by atoms with E-state index in [2.05, 4.69) is 20.7 Å². The quantitative estimate of drug-likeness (QED) is 0.520. The van der Waals surface area contributed by atoms with Crippen LogP contribution in [0.1, 0.15) is 2.85 Å². The zero-order valence-corrected chi connectivity index (χ0v) is 6.97. The average molecular weight is 173 g/mol. The Bertz CT molecular complexity index is 117. The number of rotatable bonds is 0. The van der Waals surface area contributed by atoms with E-state index >= 15 is 0 Å². The second-order valence-corrected chi connectivity index (χ2v) is 0.702. The van der Waals surface area contributed by atoms with Crippen LogP contribution < -0.4 is 0 Å². The van der Waals surface area contributed by atoms with Gasteiger partial charge in [-0.25, -0.2) is 0 Å². The molecular formula is CH3N5Sr. The summed E-state index contributed by atoms with van der Waals surface area (Å²) in [5.74, 6) is -0.130. The molecule has 0 saturated carbocycles. The van der Waals surface area contributed by atoms with Crippen molar-refractivity contribution in [3.8, 4) is 0 Å². The molecule has 0 amide bonds. The fraction of sp³-hybridized carbons (Fsp3) is 0. The van der Waals surface area contributed by atoms with E-state index in [0.717, 1.165) is 0 Å². The second-order valence-electron chi connectivity index (χ2n) is 0.702. The molecule has 0 unspecified atom stereocenters. The summed E-state index contributed by atoms with van der Waals surface area (Å²) >= 11 is 0. The molecule has 1 rings (SSSR count). The zero-order valence-electron chi connectivity index (χ0n) is 5.50. The smallest absolute Gasteiger partial charge is 1.00 e. The van der Waals surface area contributed by atoms with Crippen LogP contribution in [0.4, 0.5) is 0 Å². The standard InChI is InChI=1S/CHN5.Sr.2H/c2-1-3-5-6-4-1;;;/h2H;;;/q;+2;2*-1. The molecule has 0 aromatic heterocycles. The van der Waals surface area contributed by atoms with Crippen molar-refractivity contribution in [2.45, 2.75) is 0 Å². The summed E-state index contributed by atoms with van der Waals surface area (Å²) in [7, 11) is 0. The fourth-order valence-electron chi connectivity index (χ4n) is 0.145. The van der Waals surface area contributed by atoms with Crippen LogP contribution in [0, 0.1) is 5.41 Å². The van der Waals surface area contributed by atoms with Gasteiger partial charge in [0.05, 0.1) is 0 Å². The van der Waals surface area contributed by atoms with Crippen molar-refractivity contribution in [2.24, 2.45) is 20.7 Å². The van der Waals surface area contributed by atoms with Crippen LogP contribution in [-0.4, -0.2) is 51.4 Å². The minimum absolute atomic E-state index is 0. The van der Waals surface area contributed by atoms with E-state index in [9.17, 15) is 0 Å². The second kappa shape index (κ2) is 3.36. The van der Waals surface area contributed by atoms with Crippen LogP contribution >= 0.6 is 0 Å². The molecule has 1 heterocycles. The average Bonchev–Trinajstić information content (AvgIpc) is 1.86. The van der Waals surface area contributed by atoms with E-state index in [0.29, 0.717) is 0 Å². The maximum Gasteiger partial charge on any atom is 2.00 e. The molecule has 5 nitrogen and oxygen atoms in total. The van der Waals surface area contributed by atoms with Gasteiger partial charge in [-0.3, -0.25) is 5.41 Å². The van der Waals surface area contributed by atoms with E-state index in [1.807, 2.05) is 0 Å². The van der Waals surface area contributed by atoms with Crippen molar-refractivity contribution in [2.75, 3.05) is 0 Å². The Labute approximate surface area is 79.6 Å². The molecule has 1 aliphatic rings. The van der Waals surface area contributed by atoms with Crippen LogP contribution in [0.3, 0.4) is 0 Å². The van der Waals surface area contributed by atoms with Crippen LogP contribution in [0.5, 0.6) is 0 Å². The predicted octanol–water partition coefficient (Wildman–Crippen LogP) is 0.598. The van der Waals surface area contributed by atoms with Gasteiger partial charge in [0.25, 0.3) is 5.96 Å². The van der Waals surface area contributed by atoms with Crippen molar-refractivity contribution in [1.29, 1.82) is 5.41 Å². The largest absolute Gasteiger partial charge is 2.00 e. The van der Waals surface area contributed by atoms with Crippen LogP contribution in [0.2, 0.25) is 0 Å². The van der Waals surface area contributed by atoms with Crippen molar-refractivity contribution >= 4 is 51.4 Å². The van der Waals surface area contributed by atoms with Crippen molar-refractivity contribution in [1.82, 2.24) is 0 Å². The number of guanidine groups is 1. The summed E-state index contributed by atoms with van der Waals surface area (Å²) in [6.07, 6.45) is 0. The number of hydrogen-bond donors (Lipinski definition) is 1. The monoisotopic (exact) mass is 173 g/mol. The molecule has 0 aliphatic carbocycles. The van der Waals surface area contributed by atoms with E-state index in [1.54, 1.807) is 0 Å². The van der Waals surface area contributed by atoms with Gasteiger partial charge >= 0.3 is 45.5 Å². The Balaban J connectivity index is -0.000000120. The first kappa shape index (κ1) is 7.35. The van der Waals surface area contributed by atoms with Crippen molar-refractivity contribution in [3.05, 3.63) is 0 Å². The minimum Gasteiger partial charge on any atom is -1.00 e. The Kier molecular flexibility index (Phi) is 3.53. The summed E-state index contributed by atoms with van der Waals surface area (Å²) in [5, 5.41) is 18.8. The van der Waals surface area contributed by atoms with Gasteiger partial charge < -0.3 is 2.85 Å². The first-order valence-electron chi connectivity index (χ1n) is 1.30. The summed E-state index contributed by atoms with van der Waals surface area (Å²) < 4.78 is 0. The molecule has 0 saturated heterocycles. The van der Waals surface area contributed by atoms with E-state index in [-0.39, 0.29) is 54.3 Å². The van der Waals surface area contributed by atoms with Crippen LogP contribution in [0.15, 0.2) is 20.7 Å². The maximum absolute atomic E-state index is 6.53. The van der Waals surface area contributed by atoms with E-state index < -0.39 is 0 Å². The molecular weight excluding hydrogens is 170 g/mol. The number of nitrogens with zero attached hydrogens (tertiary/aromatic N) is 4. The molecule has 0 radical (unpaired) electrons. The Morgan fingerprint density at radius 3 is 1.86 bits per heavy atom. The van der Waals surface area contributed by atoms with Gasteiger partial charge in [0.15, 0.2) is 0 Å². The molecule has 0 bridgehead atoms. The minimum atomic E-state index is -0.130. The maximum atomic E-state index is 6.53. The molecule has 0 spiro atoms. The van der Waals surface area contributed by atoms with Crippen LogP contribution in [-0.2, 0) is 0 Å². The molecule has 1 aliphatic heterocycles. The Morgan fingerprint density at radius 2 is 1.71 bits per heavy atom. The summed E-state index contributed by atoms with van der Waals surface area (Å²) in [5.41, 5.74) is 0. The Hall–Kier alpha value is 0.351. The van der Waals surface area contributed by atoms with Gasteiger partial charge in [0, 0.05) is 0 Å². The predicted molar refractivity (Wildman–Crippen MR) is 25.4 cm³/mol. The molecule has 34 valence electrons. The number of hydrogen-bond acceptors (Lipinski definition) is 3. The summed E-state index contributed by atoms with van der Waals surface area (Å²) in [6.45, 7) is 0. The van der Waals surface area contributed by atoms with Crippen LogP contribution in [0.25, 0.3) is 0 Å².